The van der Waals surface area contributed by atoms with Gasteiger partial charge in [0.05, 0.1) is 18.0 Å². The monoisotopic (exact) mass is 349 g/mol. The molecule has 1 aromatic rings. The second-order valence-electron chi connectivity index (χ2n) is 7.51. The van der Waals surface area contributed by atoms with Crippen LogP contribution in [0.4, 0.5) is 0 Å². The van der Waals surface area contributed by atoms with Crippen LogP contribution in [0.2, 0.25) is 0 Å². The highest BCUT2D eigenvalue weighted by atomic mass is 32.2. The van der Waals surface area contributed by atoms with Crippen LogP contribution in [0.25, 0.3) is 0 Å². The number of benzene rings is 1. The summed E-state index contributed by atoms with van der Waals surface area (Å²) in [5, 5.41) is 0. The maximum Gasteiger partial charge on any atom is 0.327 e. The molecule has 2 aliphatic rings. The van der Waals surface area contributed by atoms with E-state index in [9.17, 15) is 9.35 Å². The van der Waals surface area contributed by atoms with Gasteiger partial charge >= 0.3 is 5.97 Å². The van der Waals surface area contributed by atoms with Gasteiger partial charge in [-0.1, -0.05) is 17.7 Å². The number of rotatable bonds is 6. The lowest BCUT2D eigenvalue weighted by Crippen LogP contribution is -2.51. The lowest BCUT2D eigenvalue weighted by Gasteiger charge is -2.39. The molecule has 2 aliphatic carbocycles. The SMILES string of the molecule is CCOC(=O)[C@@H](N[S+]([O-])c1c(C)cc(C)cc1C)C1CC2(CC2)C1. The Hall–Kier alpha value is -1.04. The van der Waals surface area contributed by atoms with Crippen molar-refractivity contribution in [2.45, 2.75) is 64.3 Å². The van der Waals surface area contributed by atoms with Crippen LogP contribution in [0.3, 0.4) is 0 Å². The molecule has 5 heteroatoms. The van der Waals surface area contributed by atoms with Gasteiger partial charge in [0.1, 0.15) is 0 Å². The number of hydrogen-bond acceptors (Lipinski definition) is 4. The Labute approximate surface area is 147 Å². The van der Waals surface area contributed by atoms with Crippen molar-refractivity contribution in [2.24, 2.45) is 11.3 Å². The summed E-state index contributed by atoms with van der Waals surface area (Å²) in [4.78, 5) is 13.2. The smallest absolute Gasteiger partial charge is 0.327 e. The summed E-state index contributed by atoms with van der Waals surface area (Å²) in [6.45, 7) is 8.13. The van der Waals surface area contributed by atoms with E-state index in [1.165, 1.54) is 12.8 Å². The average Bonchev–Trinajstić information content (AvgIpc) is 3.23. The van der Waals surface area contributed by atoms with E-state index in [1.807, 2.05) is 39.8 Å². The van der Waals surface area contributed by atoms with E-state index in [2.05, 4.69) is 4.72 Å². The molecule has 1 N–H and O–H groups in total. The minimum Gasteiger partial charge on any atom is -0.593 e. The molecule has 1 aromatic carbocycles. The Morgan fingerprint density at radius 2 is 1.92 bits per heavy atom. The van der Waals surface area contributed by atoms with Crippen molar-refractivity contribution in [3.63, 3.8) is 0 Å². The van der Waals surface area contributed by atoms with Gasteiger partial charge in [-0.2, -0.15) is 0 Å². The molecule has 0 aromatic heterocycles. The highest BCUT2D eigenvalue weighted by Gasteiger charge is 2.57. The van der Waals surface area contributed by atoms with Crippen LogP contribution in [0.1, 0.15) is 49.3 Å². The number of aryl methyl sites for hydroxylation is 3. The first kappa shape index (κ1) is 17.8. The van der Waals surface area contributed by atoms with E-state index >= 15 is 0 Å². The Balaban J connectivity index is 1.75. The van der Waals surface area contributed by atoms with Crippen molar-refractivity contribution in [3.05, 3.63) is 28.8 Å². The molecule has 2 fully saturated rings. The number of ether oxygens (including phenoxy) is 1. The fourth-order valence-corrected chi connectivity index (χ4v) is 5.42. The van der Waals surface area contributed by atoms with Gasteiger partial charge in [-0.05, 0) is 64.7 Å². The van der Waals surface area contributed by atoms with Crippen molar-refractivity contribution in [1.29, 1.82) is 0 Å². The normalized spacial score (nSPS) is 21.2. The Morgan fingerprint density at radius 1 is 1.33 bits per heavy atom. The second kappa shape index (κ2) is 6.70. The van der Waals surface area contributed by atoms with Crippen LogP contribution in [-0.4, -0.2) is 23.2 Å². The maximum atomic E-state index is 12.9. The molecule has 0 radical (unpaired) electrons. The van der Waals surface area contributed by atoms with E-state index in [0.29, 0.717) is 12.0 Å². The largest absolute Gasteiger partial charge is 0.593 e. The van der Waals surface area contributed by atoms with Gasteiger partial charge in [-0.15, -0.1) is 4.72 Å². The quantitative estimate of drug-likeness (QED) is 0.632. The molecule has 132 valence electrons. The molecule has 3 rings (SSSR count). The summed E-state index contributed by atoms with van der Waals surface area (Å²) in [6.07, 6.45) is 4.65. The zero-order chi connectivity index (χ0) is 17.5. The first-order chi connectivity index (χ1) is 11.3. The zero-order valence-corrected chi connectivity index (χ0v) is 15.8. The molecule has 1 unspecified atom stereocenters. The van der Waals surface area contributed by atoms with Gasteiger partial charge in [-0.3, -0.25) is 4.79 Å². The van der Waals surface area contributed by atoms with Crippen molar-refractivity contribution in [2.75, 3.05) is 6.61 Å². The topological polar surface area (TPSA) is 61.4 Å². The van der Waals surface area contributed by atoms with Crippen molar-refractivity contribution >= 4 is 17.3 Å². The lowest BCUT2D eigenvalue weighted by molar-refractivity contribution is -0.148. The second-order valence-corrected chi connectivity index (χ2v) is 8.69. The van der Waals surface area contributed by atoms with Gasteiger partial charge in [0.15, 0.2) is 10.9 Å². The molecule has 24 heavy (non-hydrogen) atoms. The number of nitrogens with one attached hydrogen (secondary N) is 1. The Kier molecular flexibility index (Phi) is 4.96. The molecule has 0 bridgehead atoms. The predicted octanol–water partition coefficient (Wildman–Crippen LogP) is 3.35. The number of carbonyl (C=O) groups is 1. The molecule has 0 aliphatic heterocycles. The molecular weight excluding hydrogens is 322 g/mol. The van der Waals surface area contributed by atoms with E-state index < -0.39 is 17.4 Å². The molecule has 1 spiro atoms. The Bertz CT molecular complexity index is 610. The average molecular weight is 349 g/mol. The van der Waals surface area contributed by atoms with Crippen molar-refractivity contribution in [3.8, 4) is 0 Å². The van der Waals surface area contributed by atoms with Crippen LogP contribution >= 0.6 is 0 Å². The molecule has 2 atom stereocenters. The van der Waals surface area contributed by atoms with E-state index in [-0.39, 0.29) is 11.9 Å². The fraction of sp³-hybridized carbons (Fsp3) is 0.632. The number of carbonyl (C=O) groups excluding carboxylic acids is 1. The van der Waals surface area contributed by atoms with Gasteiger partial charge < -0.3 is 9.29 Å². The minimum absolute atomic E-state index is 0.238. The summed E-state index contributed by atoms with van der Waals surface area (Å²) < 4.78 is 21.2. The van der Waals surface area contributed by atoms with Gasteiger partial charge in [0.25, 0.3) is 0 Å². The van der Waals surface area contributed by atoms with Gasteiger partial charge in [0.2, 0.25) is 0 Å². The van der Waals surface area contributed by atoms with E-state index in [0.717, 1.165) is 34.4 Å². The van der Waals surface area contributed by atoms with Crippen LogP contribution in [-0.2, 0) is 20.9 Å². The summed E-state index contributed by atoms with van der Waals surface area (Å²) in [6, 6.07) is 3.59. The van der Waals surface area contributed by atoms with E-state index in [4.69, 9.17) is 4.74 Å². The molecule has 4 nitrogen and oxygen atoms in total. The number of esters is 1. The van der Waals surface area contributed by atoms with Crippen LogP contribution in [0.15, 0.2) is 17.0 Å². The predicted molar refractivity (Wildman–Crippen MR) is 95.0 cm³/mol. The number of hydrogen-bond donors (Lipinski definition) is 1. The summed E-state index contributed by atoms with van der Waals surface area (Å²) >= 11 is -1.41. The summed E-state index contributed by atoms with van der Waals surface area (Å²) in [5.74, 6) is -0.0321. The van der Waals surface area contributed by atoms with Gasteiger partial charge in [-0.25, -0.2) is 0 Å². The minimum atomic E-state index is -1.41. The van der Waals surface area contributed by atoms with Crippen molar-refractivity contribution < 1.29 is 14.1 Å². The van der Waals surface area contributed by atoms with Crippen LogP contribution < -0.4 is 4.72 Å². The van der Waals surface area contributed by atoms with Gasteiger partial charge in [0, 0.05) is 11.1 Å². The molecule has 0 amide bonds. The maximum absolute atomic E-state index is 12.9. The highest BCUT2D eigenvalue weighted by molar-refractivity contribution is 7.89. The molecule has 2 saturated carbocycles. The van der Waals surface area contributed by atoms with E-state index in [1.54, 1.807) is 0 Å². The molecular formula is C19H27NO3S. The third-order valence-electron chi connectivity index (χ3n) is 5.38. The van der Waals surface area contributed by atoms with Crippen molar-refractivity contribution in [1.82, 2.24) is 4.72 Å². The lowest BCUT2D eigenvalue weighted by atomic mass is 9.68. The molecule has 0 saturated heterocycles. The summed E-state index contributed by atoms with van der Waals surface area (Å²) in [7, 11) is 0. The first-order valence-corrected chi connectivity index (χ1v) is 9.92. The van der Waals surface area contributed by atoms with Crippen LogP contribution in [0.5, 0.6) is 0 Å². The third-order valence-corrected chi connectivity index (χ3v) is 6.87. The fourth-order valence-electron chi connectivity index (χ4n) is 4.08. The highest BCUT2D eigenvalue weighted by Crippen LogP contribution is 2.64. The standard InChI is InChI=1S/C19H27NO3S/c1-5-23-18(21)16(15-10-19(11-15)6-7-19)20-24(22)17-13(3)8-12(2)9-14(17)4/h8-9,15-16,20H,5-7,10-11H2,1-4H3/t16-,24?/m0/s1. The first-order valence-electron chi connectivity index (χ1n) is 8.78. The molecule has 0 heterocycles. The Morgan fingerprint density at radius 3 is 2.42 bits per heavy atom. The summed E-state index contributed by atoms with van der Waals surface area (Å²) in [5.41, 5.74) is 3.64. The third kappa shape index (κ3) is 3.48. The van der Waals surface area contributed by atoms with Crippen LogP contribution in [0, 0.1) is 32.1 Å². The zero-order valence-electron chi connectivity index (χ0n) is 15.0.